The van der Waals surface area contributed by atoms with Crippen LogP contribution in [0.3, 0.4) is 0 Å². The van der Waals surface area contributed by atoms with Crippen molar-refractivity contribution in [3.8, 4) is 0 Å². The number of anilines is 2. The second-order valence-electron chi connectivity index (χ2n) is 6.83. The van der Waals surface area contributed by atoms with Crippen LogP contribution in [0.2, 0.25) is 5.02 Å². The van der Waals surface area contributed by atoms with Crippen LogP contribution in [-0.4, -0.2) is 20.6 Å². The second-order valence-corrected chi connectivity index (χ2v) is 9.99. The van der Waals surface area contributed by atoms with E-state index < -0.39 is 10.0 Å². The van der Waals surface area contributed by atoms with Gasteiger partial charge in [-0.3, -0.25) is 9.10 Å². The van der Waals surface area contributed by atoms with Crippen LogP contribution in [0.5, 0.6) is 0 Å². The molecule has 0 aliphatic heterocycles. The number of sulfonamides is 1. The van der Waals surface area contributed by atoms with Crippen LogP contribution in [0.25, 0.3) is 0 Å². The molecule has 0 spiro atoms. The van der Waals surface area contributed by atoms with Crippen LogP contribution in [0, 0.1) is 6.92 Å². The van der Waals surface area contributed by atoms with Crippen LogP contribution in [0.4, 0.5) is 11.4 Å². The zero-order valence-electron chi connectivity index (χ0n) is 16.4. The quantitative estimate of drug-likeness (QED) is 0.470. The molecule has 30 heavy (non-hydrogen) atoms. The Morgan fingerprint density at radius 2 is 1.73 bits per heavy atom. The number of halogens is 2. The number of carbonyl (C=O) groups is 1. The van der Waals surface area contributed by atoms with Crippen LogP contribution < -0.4 is 9.62 Å². The number of aryl methyl sites for hydroxylation is 1. The van der Waals surface area contributed by atoms with Gasteiger partial charge in [0.2, 0.25) is 10.0 Å². The first-order valence-corrected chi connectivity index (χ1v) is 12.1. The zero-order chi connectivity index (χ0) is 21.9. The predicted octanol–water partition coefficient (Wildman–Crippen LogP) is 5.63. The molecule has 0 unspecified atom stereocenters. The molecule has 156 valence electrons. The van der Waals surface area contributed by atoms with E-state index in [1.807, 2.05) is 31.2 Å². The van der Waals surface area contributed by atoms with E-state index in [4.69, 9.17) is 11.6 Å². The Bertz CT molecular complexity index is 1180. The summed E-state index contributed by atoms with van der Waals surface area (Å²) < 4.78 is 26.9. The van der Waals surface area contributed by atoms with Gasteiger partial charge in [0.1, 0.15) is 0 Å². The maximum absolute atomic E-state index is 12.5. The molecule has 3 rings (SSSR count). The second kappa shape index (κ2) is 9.20. The summed E-state index contributed by atoms with van der Waals surface area (Å²) in [6.07, 6.45) is 1.17. The minimum Gasteiger partial charge on any atom is -0.322 e. The van der Waals surface area contributed by atoms with Gasteiger partial charge in [-0.2, -0.15) is 0 Å². The van der Waals surface area contributed by atoms with Crippen molar-refractivity contribution in [2.24, 2.45) is 0 Å². The molecular formula is C22H20BrClN2O3S. The lowest BCUT2D eigenvalue weighted by atomic mass is 10.1. The Hall–Kier alpha value is -2.35. The Kier molecular flexibility index (Phi) is 6.85. The molecular weight excluding hydrogens is 488 g/mol. The number of carbonyl (C=O) groups excluding carboxylic acids is 1. The molecule has 0 fully saturated rings. The molecule has 0 saturated carbocycles. The Morgan fingerprint density at radius 3 is 2.33 bits per heavy atom. The van der Waals surface area contributed by atoms with E-state index in [1.165, 1.54) is 10.6 Å². The summed E-state index contributed by atoms with van der Waals surface area (Å²) in [5.74, 6) is -0.315. The van der Waals surface area contributed by atoms with E-state index in [2.05, 4.69) is 21.2 Å². The fraction of sp³-hybridized carbons (Fsp3) is 0.136. The summed E-state index contributed by atoms with van der Waals surface area (Å²) in [5.41, 5.74) is 3.38. The molecule has 0 aliphatic rings. The number of hydrogen-bond acceptors (Lipinski definition) is 3. The fourth-order valence-electron chi connectivity index (χ4n) is 2.90. The molecule has 0 aromatic heterocycles. The molecule has 0 aliphatic carbocycles. The molecule has 3 aromatic carbocycles. The molecule has 0 bridgehead atoms. The van der Waals surface area contributed by atoms with Gasteiger partial charge in [0, 0.05) is 15.7 Å². The lowest BCUT2D eigenvalue weighted by Gasteiger charge is -2.23. The first-order valence-electron chi connectivity index (χ1n) is 9.04. The van der Waals surface area contributed by atoms with Gasteiger partial charge in [0.05, 0.1) is 23.5 Å². The predicted molar refractivity (Wildman–Crippen MR) is 126 cm³/mol. The van der Waals surface area contributed by atoms with Gasteiger partial charge in [-0.15, -0.1) is 0 Å². The van der Waals surface area contributed by atoms with Crippen LogP contribution in [-0.2, 0) is 16.6 Å². The van der Waals surface area contributed by atoms with E-state index in [-0.39, 0.29) is 12.5 Å². The highest BCUT2D eigenvalue weighted by molar-refractivity contribution is 9.10. The van der Waals surface area contributed by atoms with Crippen molar-refractivity contribution in [1.82, 2.24) is 0 Å². The molecule has 0 radical (unpaired) electrons. The summed E-state index contributed by atoms with van der Waals surface area (Å²) >= 11 is 9.37. The van der Waals surface area contributed by atoms with Crippen molar-refractivity contribution < 1.29 is 13.2 Å². The van der Waals surface area contributed by atoms with Gasteiger partial charge in [-0.25, -0.2) is 8.42 Å². The molecule has 0 atom stereocenters. The van der Waals surface area contributed by atoms with Gasteiger partial charge >= 0.3 is 0 Å². The third-order valence-corrected chi connectivity index (χ3v) is 6.94. The van der Waals surface area contributed by atoms with Crippen molar-refractivity contribution in [3.05, 3.63) is 92.9 Å². The minimum atomic E-state index is -3.51. The average molecular weight is 508 g/mol. The number of rotatable bonds is 6. The smallest absolute Gasteiger partial charge is 0.255 e. The van der Waals surface area contributed by atoms with Gasteiger partial charge in [0.25, 0.3) is 5.91 Å². The summed E-state index contributed by atoms with van der Waals surface area (Å²) in [5, 5.41) is 3.27. The third-order valence-electron chi connectivity index (χ3n) is 4.57. The van der Waals surface area contributed by atoms with E-state index in [1.54, 1.807) is 42.5 Å². The first-order chi connectivity index (χ1) is 14.1. The SMILES string of the molecule is Cc1ccccc1CN(c1ccc(C(=O)Nc2ccc(Br)c(Cl)c2)cc1)S(C)(=O)=O. The monoisotopic (exact) mass is 506 g/mol. The normalized spacial score (nSPS) is 11.2. The highest BCUT2D eigenvalue weighted by Gasteiger charge is 2.19. The minimum absolute atomic E-state index is 0.217. The molecule has 1 N–H and O–H groups in total. The van der Waals surface area contributed by atoms with Crippen LogP contribution in [0.1, 0.15) is 21.5 Å². The van der Waals surface area contributed by atoms with Crippen molar-refractivity contribution in [2.45, 2.75) is 13.5 Å². The van der Waals surface area contributed by atoms with Crippen molar-refractivity contribution >= 4 is 54.8 Å². The number of nitrogens with one attached hydrogen (secondary N) is 1. The van der Waals surface area contributed by atoms with Gasteiger partial charge in [0.15, 0.2) is 0 Å². The summed E-state index contributed by atoms with van der Waals surface area (Å²) in [6, 6.07) is 19.2. The molecule has 0 saturated heterocycles. The van der Waals surface area contributed by atoms with Crippen molar-refractivity contribution in [1.29, 1.82) is 0 Å². The standard InChI is InChI=1S/C22H20BrClN2O3S/c1-15-5-3-4-6-17(15)14-26(30(2,28)29)19-10-7-16(8-11-19)22(27)25-18-9-12-20(23)21(24)13-18/h3-13H,14H2,1-2H3,(H,25,27). The number of hydrogen-bond donors (Lipinski definition) is 1. The molecule has 3 aromatic rings. The Balaban J connectivity index is 1.81. The van der Waals surface area contributed by atoms with Crippen LogP contribution >= 0.6 is 27.5 Å². The van der Waals surface area contributed by atoms with Gasteiger partial charge in [-0.05, 0) is 76.4 Å². The van der Waals surface area contributed by atoms with E-state index >= 15 is 0 Å². The van der Waals surface area contributed by atoms with Crippen LogP contribution in [0.15, 0.2) is 71.2 Å². The van der Waals surface area contributed by atoms with E-state index in [0.717, 1.165) is 15.6 Å². The number of amides is 1. The number of benzene rings is 3. The largest absolute Gasteiger partial charge is 0.322 e. The van der Waals surface area contributed by atoms with Gasteiger partial charge < -0.3 is 5.32 Å². The zero-order valence-corrected chi connectivity index (χ0v) is 19.6. The lowest BCUT2D eigenvalue weighted by molar-refractivity contribution is 0.102. The highest BCUT2D eigenvalue weighted by atomic mass is 79.9. The highest BCUT2D eigenvalue weighted by Crippen LogP contribution is 2.26. The topological polar surface area (TPSA) is 66.5 Å². The Morgan fingerprint density at radius 1 is 1.07 bits per heavy atom. The van der Waals surface area contributed by atoms with Gasteiger partial charge in [-0.1, -0.05) is 35.9 Å². The third kappa shape index (κ3) is 5.41. The fourth-order valence-corrected chi connectivity index (χ4v) is 4.20. The summed E-state index contributed by atoms with van der Waals surface area (Å²) in [4.78, 5) is 12.5. The Labute approximate surface area is 189 Å². The van der Waals surface area contributed by atoms with E-state index in [9.17, 15) is 13.2 Å². The lowest BCUT2D eigenvalue weighted by Crippen LogP contribution is -2.29. The maximum Gasteiger partial charge on any atom is 0.255 e. The summed E-state index contributed by atoms with van der Waals surface area (Å²) in [6.45, 7) is 2.16. The van der Waals surface area contributed by atoms with E-state index in [0.29, 0.717) is 22.0 Å². The molecule has 0 heterocycles. The number of nitrogens with zero attached hydrogens (tertiary/aromatic N) is 1. The molecule has 8 heteroatoms. The summed E-state index contributed by atoms with van der Waals surface area (Å²) in [7, 11) is -3.51. The first kappa shape index (κ1) is 22.3. The van der Waals surface area contributed by atoms with Crippen molar-refractivity contribution in [2.75, 3.05) is 15.9 Å². The molecule has 1 amide bonds. The maximum atomic E-state index is 12.5. The van der Waals surface area contributed by atoms with Crippen molar-refractivity contribution in [3.63, 3.8) is 0 Å². The molecule has 5 nitrogen and oxygen atoms in total. The average Bonchev–Trinajstić information content (AvgIpc) is 2.69.